The van der Waals surface area contributed by atoms with E-state index in [-0.39, 0.29) is 11.2 Å². The van der Waals surface area contributed by atoms with E-state index in [1.165, 1.54) is 0 Å². The van der Waals surface area contributed by atoms with Crippen LogP contribution < -0.4 is 0 Å². The number of halogens is 3. The zero-order valence-corrected chi connectivity index (χ0v) is 11.7. The Balaban J connectivity index is 2.39. The second-order valence-electron chi connectivity index (χ2n) is 4.38. The maximum absolute atomic E-state index is 13.6. The first-order valence-electron chi connectivity index (χ1n) is 5.65. The van der Waals surface area contributed by atoms with E-state index in [9.17, 15) is 4.39 Å². The topological polar surface area (TPSA) is 0 Å². The van der Waals surface area contributed by atoms with Gasteiger partial charge in [0.1, 0.15) is 5.82 Å². The molecule has 0 aliphatic rings. The van der Waals surface area contributed by atoms with E-state index >= 15 is 0 Å². The van der Waals surface area contributed by atoms with E-state index in [0.717, 1.165) is 11.1 Å². The summed E-state index contributed by atoms with van der Waals surface area (Å²) in [5.74, 6) is -0.168. The van der Waals surface area contributed by atoms with Crippen molar-refractivity contribution < 1.29 is 4.39 Å². The highest BCUT2D eigenvalue weighted by Gasteiger charge is 2.13. The van der Waals surface area contributed by atoms with Crippen LogP contribution in [0.4, 0.5) is 4.39 Å². The number of alkyl halides is 1. The molecule has 0 aliphatic heterocycles. The molecule has 0 spiro atoms. The van der Waals surface area contributed by atoms with Crippen LogP contribution in [0.1, 0.15) is 27.6 Å². The minimum absolute atomic E-state index is 0.168. The molecular formula is C15H13Cl2F. The van der Waals surface area contributed by atoms with E-state index in [0.29, 0.717) is 16.1 Å². The van der Waals surface area contributed by atoms with Gasteiger partial charge in [-0.1, -0.05) is 35.9 Å². The molecule has 0 saturated heterocycles. The molecule has 0 radical (unpaired) electrons. The predicted molar refractivity (Wildman–Crippen MR) is 75.0 cm³/mol. The number of hydrogen-bond donors (Lipinski definition) is 0. The summed E-state index contributed by atoms with van der Waals surface area (Å²) in [6.45, 7) is 3.49. The van der Waals surface area contributed by atoms with Crippen molar-refractivity contribution in [2.75, 3.05) is 0 Å². The maximum Gasteiger partial charge on any atom is 0.129 e. The van der Waals surface area contributed by atoms with Gasteiger partial charge in [0.05, 0.1) is 5.38 Å². The molecule has 0 bridgehead atoms. The summed E-state index contributed by atoms with van der Waals surface area (Å²) < 4.78 is 13.6. The molecule has 2 aromatic rings. The Morgan fingerprint density at radius 3 is 1.94 bits per heavy atom. The first-order chi connectivity index (χ1) is 8.49. The van der Waals surface area contributed by atoms with Gasteiger partial charge in [0.15, 0.2) is 0 Å². The van der Waals surface area contributed by atoms with Crippen molar-refractivity contribution in [2.45, 2.75) is 19.2 Å². The lowest BCUT2D eigenvalue weighted by atomic mass is 10.00. The zero-order valence-electron chi connectivity index (χ0n) is 10.2. The molecule has 18 heavy (non-hydrogen) atoms. The Hall–Kier alpha value is -1.05. The summed E-state index contributed by atoms with van der Waals surface area (Å²) in [5.41, 5.74) is 3.08. The fourth-order valence-corrected chi connectivity index (χ4v) is 2.35. The molecule has 2 aromatic carbocycles. The third-order valence-electron chi connectivity index (χ3n) is 2.91. The lowest BCUT2D eigenvalue weighted by molar-refractivity contribution is 0.608. The van der Waals surface area contributed by atoms with Crippen LogP contribution >= 0.6 is 23.2 Å². The molecule has 0 fully saturated rings. The minimum atomic E-state index is -0.291. The van der Waals surface area contributed by atoms with Crippen LogP contribution in [0.15, 0.2) is 36.4 Å². The Morgan fingerprint density at radius 2 is 1.44 bits per heavy atom. The van der Waals surface area contributed by atoms with Gasteiger partial charge in [-0.3, -0.25) is 0 Å². The van der Waals surface area contributed by atoms with Gasteiger partial charge in [-0.25, -0.2) is 4.39 Å². The van der Waals surface area contributed by atoms with Crippen LogP contribution in [0.2, 0.25) is 5.02 Å². The van der Waals surface area contributed by atoms with Crippen LogP contribution in [-0.2, 0) is 0 Å². The number of aryl methyl sites for hydroxylation is 2. The van der Waals surface area contributed by atoms with E-state index in [2.05, 4.69) is 0 Å². The van der Waals surface area contributed by atoms with Gasteiger partial charge < -0.3 is 0 Å². The van der Waals surface area contributed by atoms with Crippen LogP contribution in [0.25, 0.3) is 0 Å². The summed E-state index contributed by atoms with van der Waals surface area (Å²) in [6.07, 6.45) is 0. The quantitative estimate of drug-likeness (QED) is 0.645. The SMILES string of the molecule is Cc1cc(C(Cl)c2ccc(Cl)cc2)cc(C)c1F. The maximum atomic E-state index is 13.6. The Bertz CT molecular complexity index is 538. The molecule has 0 nitrogen and oxygen atoms in total. The van der Waals surface area contributed by atoms with E-state index in [4.69, 9.17) is 23.2 Å². The molecule has 0 aliphatic carbocycles. The second kappa shape index (κ2) is 5.29. The largest absolute Gasteiger partial charge is 0.206 e. The van der Waals surface area contributed by atoms with Crippen LogP contribution in [0.3, 0.4) is 0 Å². The summed E-state index contributed by atoms with van der Waals surface area (Å²) in [7, 11) is 0. The van der Waals surface area contributed by atoms with Gasteiger partial charge in [-0.05, 0) is 48.2 Å². The smallest absolute Gasteiger partial charge is 0.129 e. The molecular weight excluding hydrogens is 270 g/mol. The summed E-state index contributed by atoms with van der Waals surface area (Å²) in [6, 6.07) is 10.9. The standard InChI is InChI=1S/C15H13Cl2F/c1-9-7-12(8-10(2)15(9)18)14(17)11-3-5-13(16)6-4-11/h3-8,14H,1-2H3. The highest BCUT2D eigenvalue weighted by atomic mass is 35.5. The predicted octanol–water partition coefficient (Wildman–Crippen LogP) is 5.42. The normalized spacial score (nSPS) is 12.5. The number of rotatable bonds is 2. The average Bonchev–Trinajstić information content (AvgIpc) is 2.35. The molecule has 0 heterocycles. The van der Waals surface area contributed by atoms with Crippen LogP contribution in [0, 0.1) is 19.7 Å². The first kappa shape index (κ1) is 13.4. The molecule has 1 atom stereocenters. The number of hydrogen-bond acceptors (Lipinski definition) is 0. The van der Waals surface area contributed by atoms with Gasteiger partial charge in [0.25, 0.3) is 0 Å². The van der Waals surface area contributed by atoms with Gasteiger partial charge in [-0.2, -0.15) is 0 Å². The summed E-state index contributed by atoms with van der Waals surface area (Å²) in [4.78, 5) is 0. The van der Waals surface area contributed by atoms with Crippen LogP contribution in [-0.4, -0.2) is 0 Å². The fraction of sp³-hybridized carbons (Fsp3) is 0.200. The van der Waals surface area contributed by atoms with Crippen molar-refractivity contribution in [2.24, 2.45) is 0 Å². The highest BCUT2D eigenvalue weighted by molar-refractivity contribution is 6.30. The van der Waals surface area contributed by atoms with Crippen molar-refractivity contribution >= 4 is 23.2 Å². The average molecular weight is 283 g/mol. The molecule has 0 saturated carbocycles. The lowest BCUT2D eigenvalue weighted by Crippen LogP contribution is -1.97. The zero-order chi connectivity index (χ0) is 13.3. The lowest BCUT2D eigenvalue weighted by Gasteiger charge is -2.13. The fourth-order valence-electron chi connectivity index (χ4n) is 1.95. The molecule has 0 aromatic heterocycles. The van der Waals surface area contributed by atoms with E-state index < -0.39 is 0 Å². The van der Waals surface area contributed by atoms with Gasteiger partial charge in [-0.15, -0.1) is 11.6 Å². The van der Waals surface area contributed by atoms with Gasteiger partial charge >= 0.3 is 0 Å². The molecule has 0 amide bonds. The molecule has 3 heteroatoms. The second-order valence-corrected chi connectivity index (χ2v) is 5.26. The third-order valence-corrected chi connectivity index (χ3v) is 3.67. The monoisotopic (exact) mass is 282 g/mol. The van der Waals surface area contributed by atoms with Crippen molar-refractivity contribution in [3.8, 4) is 0 Å². The third kappa shape index (κ3) is 2.68. The summed E-state index contributed by atoms with van der Waals surface area (Å²) >= 11 is 12.3. The minimum Gasteiger partial charge on any atom is -0.206 e. The molecule has 1 unspecified atom stereocenters. The Labute approximate surface area is 116 Å². The van der Waals surface area contributed by atoms with Crippen molar-refractivity contribution in [1.29, 1.82) is 0 Å². The van der Waals surface area contributed by atoms with Gasteiger partial charge in [0.2, 0.25) is 0 Å². The van der Waals surface area contributed by atoms with Crippen LogP contribution in [0.5, 0.6) is 0 Å². The van der Waals surface area contributed by atoms with E-state index in [1.54, 1.807) is 38.1 Å². The molecule has 94 valence electrons. The number of benzene rings is 2. The summed E-state index contributed by atoms with van der Waals surface area (Å²) in [5, 5.41) is 0.384. The van der Waals surface area contributed by atoms with Crippen molar-refractivity contribution in [3.05, 3.63) is 69.5 Å². The molecule has 0 N–H and O–H groups in total. The van der Waals surface area contributed by atoms with E-state index in [1.807, 2.05) is 12.1 Å². The molecule has 2 rings (SSSR count). The van der Waals surface area contributed by atoms with Gasteiger partial charge in [0, 0.05) is 5.02 Å². The van der Waals surface area contributed by atoms with Crippen molar-refractivity contribution in [1.82, 2.24) is 0 Å². The highest BCUT2D eigenvalue weighted by Crippen LogP contribution is 2.31. The van der Waals surface area contributed by atoms with Crippen molar-refractivity contribution in [3.63, 3.8) is 0 Å². The Kier molecular flexibility index (Phi) is 3.94. The Morgan fingerprint density at radius 1 is 0.944 bits per heavy atom. The first-order valence-corrected chi connectivity index (χ1v) is 6.46.